The first-order chi connectivity index (χ1) is 33.5. The molecule has 13 rings (SSSR count). The summed E-state index contributed by atoms with van der Waals surface area (Å²) in [4.78, 5) is 2.41. The van der Waals surface area contributed by atoms with Crippen molar-refractivity contribution in [3.05, 3.63) is 254 Å². The van der Waals surface area contributed by atoms with E-state index in [0.717, 1.165) is 39.6 Å². The Balaban J connectivity index is 0.996. The summed E-state index contributed by atoms with van der Waals surface area (Å²) in [6.07, 6.45) is 2.24. The Morgan fingerprint density at radius 3 is 1.54 bits per heavy atom. The van der Waals surface area contributed by atoms with Crippen LogP contribution in [-0.4, -0.2) is 13.7 Å². The van der Waals surface area contributed by atoms with E-state index in [4.69, 9.17) is 0 Å². The molecule has 4 heteroatoms. The number of fused-ring (bicyclic) bond motifs is 8. The zero-order valence-corrected chi connectivity index (χ0v) is 37.9. The second-order valence-corrected chi connectivity index (χ2v) is 18.0. The predicted molar refractivity (Wildman–Crippen MR) is 287 cm³/mol. The molecule has 13 aromatic rings. The molecule has 3 aromatic heterocycles. The normalized spacial score (nSPS) is 11.7. The van der Waals surface area contributed by atoms with E-state index in [-0.39, 0.29) is 0 Å². The third kappa shape index (κ3) is 6.52. The average molecular weight is 871 g/mol. The maximum Gasteiger partial charge on any atom is 0.0635 e. The Morgan fingerprint density at radius 1 is 0.294 bits per heavy atom. The molecular weight excluding hydrogens is 825 g/mol. The highest BCUT2D eigenvalue weighted by molar-refractivity contribution is 6.18. The van der Waals surface area contributed by atoms with Crippen LogP contribution in [0.4, 0.5) is 17.1 Å². The third-order valence-corrected chi connectivity index (χ3v) is 13.8. The van der Waals surface area contributed by atoms with Gasteiger partial charge >= 0.3 is 0 Å². The van der Waals surface area contributed by atoms with Gasteiger partial charge in [0.1, 0.15) is 0 Å². The lowest BCUT2D eigenvalue weighted by Crippen LogP contribution is -2.10. The van der Waals surface area contributed by atoms with Crippen molar-refractivity contribution in [2.24, 2.45) is 0 Å². The first kappa shape index (κ1) is 39.5. The van der Waals surface area contributed by atoms with Crippen molar-refractivity contribution in [2.45, 2.75) is 13.8 Å². The Morgan fingerprint density at radius 2 is 0.853 bits per heavy atom. The Labute approximate surface area is 395 Å². The van der Waals surface area contributed by atoms with Gasteiger partial charge in [0.25, 0.3) is 0 Å². The van der Waals surface area contributed by atoms with E-state index in [1.165, 1.54) is 82.4 Å². The van der Waals surface area contributed by atoms with Gasteiger partial charge in [0, 0.05) is 67.3 Å². The van der Waals surface area contributed by atoms with Gasteiger partial charge in [0.05, 0.1) is 27.6 Å². The molecule has 10 aromatic carbocycles. The highest BCUT2D eigenvalue weighted by Crippen LogP contribution is 2.43. The van der Waals surface area contributed by atoms with Gasteiger partial charge in [0.2, 0.25) is 0 Å². The summed E-state index contributed by atoms with van der Waals surface area (Å²) in [5.41, 5.74) is 19.8. The molecule has 322 valence electrons. The van der Waals surface area contributed by atoms with E-state index in [0.29, 0.717) is 0 Å². The van der Waals surface area contributed by atoms with Gasteiger partial charge in [-0.1, -0.05) is 145 Å². The number of anilines is 3. The molecule has 4 nitrogen and oxygen atoms in total. The molecule has 0 aliphatic heterocycles. The lowest BCUT2D eigenvalue weighted by molar-refractivity contribution is 1.13. The van der Waals surface area contributed by atoms with Crippen molar-refractivity contribution in [3.63, 3.8) is 0 Å². The summed E-state index contributed by atoms with van der Waals surface area (Å²) in [6.45, 7) is 4.29. The van der Waals surface area contributed by atoms with Crippen molar-refractivity contribution in [1.82, 2.24) is 13.7 Å². The molecule has 0 fully saturated rings. The van der Waals surface area contributed by atoms with E-state index in [1.54, 1.807) is 0 Å². The predicted octanol–water partition coefficient (Wildman–Crippen LogP) is 17.2. The van der Waals surface area contributed by atoms with Crippen LogP contribution in [0.2, 0.25) is 0 Å². The maximum absolute atomic E-state index is 2.47. The maximum atomic E-state index is 2.47. The van der Waals surface area contributed by atoms with Gasteiger partial charge in [-0.05, 0) is 139 Å². The van der Waals surface area contributed by atoms with Crippen LogP contribution in [-0.2, 0) is 0 Å². The van der Waals surface area contributed by atoms with Gasteiger partial charge in [0.15, 0.2) is 0 Å². The molecule has 0 radical (unpaired) electrons. The largest absolute Gasteiger partial charge is 0.316 e. The molecule has 0 saturated carbocycles. The topological polar surface area (TPSA) is 18.0 Å². The van der Waals surface area contributed by atoms with Gasteiger partial charge < -0.3 is 18.6 Å². The van der Waals surface area contributed by atoms with Crippen molar-refractivity contribution in [2.75, 3.05) is 4.90 Å². The van der Waals surface area contributed by atoms with Crippen LogP contribution in [0.5, 0.6) is 0 Å². The van der Waals surface area contributed by atoms with Crippen LogP contribution in [0, 0.1) is 13.8 Å². The minimum Gasteiger partial charge on any atom is -0.316 e. The Hall–Kier alpha value is -8.86. The fraction of sp³-hybridized carbons (Fsp3) is 0.0312. The van der Waals surface area contributed by atoms with Crippen LogP contribution in [0.25, 0.3) is 93.8 Å². The zero-order valence-electron chi connectivity index (χ0n) is 37.9. The average Bonchev–Trinajstić information content (AvgIpc) is 4.08. The molecule has 0 atom stereocenters. The summed E-state index contributed by atoms with van der Waals surface area (Å²) >= 11 is 0. The quantitative estimate of drug-likeness (QED) is 0.149. The highest BCUT2D eigenvalue weighted by Gasteiger charge is 2.21. The van der Waals surface area contributed by atoms with Gasteiger partial charge in [-0.15, -0.1) is 0 Å². The second kappa shape index (κ2) is 15.9. The molecule has 3 heterocycles. The first-order valence-electron chi connectivity index (χ1n) is 23.4. The SMILES string of the molecule is Cc1ccc(N(c2cccc(-n3c4ccccc4c4ccc5c(ccn5-c5cc(-c6ccccc6)cc(-c6ccccc6)c5)c43)c2)c2ccc3c(c2)c2ccccc2n3-c2ccc(C)cc2)cc1. The number of para-hydroxylation sites is 2. The standard InChI is InChI=1S/C64H46N4/c1-43-24-28-49(29-25-43)66(53-32-34-63-59(42-53)56-21-10-11-22-61(56)67(63)50-30-26-44(2)27-31-50)51-18-13-19-52(41-51)68-62-23-12-9-20-55(62)57-33-35-60-58(64(57)68)36-37-65(60)54-39-47(45-14-5-3-6-15-45)38-48(40-54)46-16-7-4-8-17-46/h3-42H,1-2H3. The third-order valence-electron chi connectivity index (χ3n) is 13.8. The van der Waals surface area contributed by atoms with Crippen molar-refractivity contribution < 1.29 is 0 Å². The van der Waals surface area contributed by atoms with E-state index >= 15 is 0 Å². The minimum absolute atomic E-state index is 1.08. The van der Waals surface area contributed by atoms with E-state index in [2.05, 4.69) is 275 Å². The van der Waals surface area contributed by atoms with E-state index < -0.39 is 0 Å². The number of hydrogen-bond donors (Lipinski definition) is 0. The molecule has 0 spiro atoms. The molecule has 0 unspecified atom stereocenters. The number of hydrogen-bond acceptors (Lipinski definition) is 1. The van der Waals surface area contributed by atoms with Crippen LogP contribution in [0.15, 0.2) is 243 Å². The molecule has 0 amide bonds. The fourth-order valence-corrected chi connectivity index (χ4v) is 10.5. The molecule has 0 bridgehead atoms. The number of aromatic nitrogens is 3. The number of nitrogens with zero attached hydrogens (tertiary/aromatic N) is 4. The van der Waals surface area contributed by atoms with Gasteiger partial charge in [-0.3, -0.25) is 0 Å². The van der Waals surface area contributed by atoms with E-state index in [9.17, 15) is 0 Å². The first-order valence-corrected chi connectivity index (χ1v) is 23.4. The lowest BCUT2D eigenvalue weighted by atomic mass is 9.98. The van der Waals surface area contributed by atoms with Gasteiger partial charge in [-0.2, -0.15) is 0 Å². The molecule has 0 N–H and O–H groups in total. The number of rotatable bonds is 8. The number of benzene rings is 10. The van der Waals surface area contributed by atoms with Crippen LogP contribution < -0.4 is 4.90 Å². The summed E-state index contributed by atoms with van der Waals surface area (Å²) < 4.78 is 7.22. The van der Waals surface area contributed by atoms with E-state index in [1.807, 2.05) is 0 Å². The smallest absolute Gasteiger partial charge is 0.0635 e. The second-order valence-electron chi connectivity index (χ2n) is 18.0. The minimum atomic E-state index is 1.08. The molecule has 0 aliphatic rings. The zero-order chi connectivity index (χ0) is 45.3. The van der Waals surface area contributed by atoms with Crippen molar-refractivity contribution in [3.8, 4) is 39.3 Å². The van der Waals surface area contributed by atoms with Crippen LogP contribution in [0.1, 0.15) is 11.1 Å². The summed E-state index contributed by atoms with van der Waals surface area (Å²) in [6, 6.07) is 86.6. The summed E-state index contributed by atoms with van der Waals surface area (Å²) in [5.74, 6) is 0. The molecule has 0 aliphatic carbocycles. The summed E-state index contributed by atoms with van der Waals surface area (Å²) in [7, 11) is 0. The Bertz CT molecular complexity index is 3960. The lowest BCUT2D eigenvalue weighted by Gasteiger charge is -2.26. The molecule has 68 heavy (non-hydrogen) atoms. The van der Waals surface area contributed by atoms with Crippen molar-refractivity contribution in [1.29, 1.82) is 0 Å². The Kier molecular flexibility index (Phi) is 9.26. The van der Waals surface area contributed by atoms with Crippen LogP contribution in [0.3, 0.4) is 0 Å². The number of aryl methyl sites for hydroxylation is 2. The highest BCUT2D eigenvalue weighted by atomic mass is 15.1. The molecular formula is C64H46N4. The van der Waals surface area contributed by atoms with Crippen molar-refractivity contribution >= 4 is 71.6 Å². The monoisotopic (exact) mass is 870 g/mol. The fourth-order valence-electron chi connectivity index (χ4n) is 10.5. The van der Waals surface area contributed by atoms with Crippen LogP contribution >= 0.6 is 0 Å². The molecule has 0 saturated heterocycles. The summed E-state index contributed by atoms with van der Waals surface area (Å²) in [5, 5.41) is 6.09. The van der Waals surface area contributed by atoms with Gasteiger partial charge in [-0.25, -0.2) is 0 Å².